The minimum Gasteiger partial charge on any atom is -0.0908 e. The molecule has 0 saturated carbocycles. The Morgan fingerprint density at radius 3 is 2.78 bits per heavy atom. The van der Waals surface area contributed by atoms with E-state index in [2.05, 4.69) is 44.2 Å². The summed E-state index contributed by atoms with van der Waals surface area (Å²) >= 11 is 0. The predicted molar refractivity (Wildman–Crippen MR) is 41.2 cm³/mol. The van der Waals surface area contributed by atoms with Crippen LogP contribution in [0.5, 0.6) is 0 Å². The summed E-state index contributed by atoms with van der Waals surface area (Å²) in [6.45, 7) is 4.21. The monoisotopic (exact) mass is 120 g/mol. The van der Waals surface area contributed by atoms with Gasteiger partial charge in [-0.15, -0.1) is 0 Å². The fraction of sp³-hybridized carbons (Fsp3) is 0.333. The lowest BCUT2D eigenvalue weighted by Crippen LogP contribution is -1.87. The van der Waals surface area contributed by atoms with Gasteiger partial charge in [-0.25, -0.2) is 0 Å². The third-order valence-corrected chi connectivity index (χ3v) is 1.60. The third kappa shape index (κ3) is 1.32. The van der Waals surface area contributed by atoms with Crippen LogP contribution in [0.3, 0.4) is 0 Å². The summed E-state index contributed by atoms with van der Waals surface area (Å²) in [5.41, 5.74) is 1.44. The summed E-state index contributed by atoms with van der Waals surface area (Å²) in [5, 5.41) is 0. The van der Waals surface area contributed by atoms with Crippen molar-refractivity contribution in [2.24, 2.45) is 5.92 Å². The van der Waals surface area contributed by atoms with Crippen LogP contribution in [-0.2, 0) is 0 Å². The van der Waals surface area contributed by atoms with E-state index in [1.165, 1.54) is 5.57 Å². The van der Waals surface area contributed by atoms with Gasteiger partial charge in [-0.3, -0.25) is 0 Å². The average molecular weight is 120 g/mol. The SMILES string of the molecule is CC=CC1C=CC=C1C. The number of hydrogen-bond acceptors (Lipinski definition) is 0. The maximum Gasteiger partial charge on any atom is 0.0160 e. The zero-order valence-electron chi connectivity index (χ0n) is 5.96. The summed E-state index contributed by atoms with van der Waals surface area (Å²) in [4.78, 5) is 0. The first-order chi connectivity index (χ1) is 4.34. The highest BCUT2D eigenvalue weighted by atomic mass is 14.1. The zero-order valence-corrected chi connectivity index (χ0v) is 5.96. The molecular formula is C9H12. The molecule has 0 nitrogen and oxygen atoms in total. The maximum atomic E-state index is 2.20. The van der Waals surface area contributed by atoms with Gasteiger partial charge in [-0.1, -0.05) is 36.0 Å². The van der Waals surface area contributed by atoms with Crippen molar-refractivity contribution in [2.45, 2.75) is 13.8 Å². The van der Waals surface area contributed by atoms with Crippen LogP contribution in [0.1, 0.15) is 13.8 Å². The van der Waals surface area contributed by atoms with Crippen molar-refractivity contribution in [3.8, 4) is 0 Å². The van der Waals surface area contributed by atoms with Crippen LogP contribution in [0, 0.1) is 5.92 Å². The molecule has 0 heterocycles. The largest absolute Gasteiger partial charge is 0.0908 e. The Morgan fingerprint density at radius 2 is 2.33 bits per heavy atom. The van der Waals surface area contributed by atoms with Crippen LogP contribution in [-0.4, -0.2) is 0 Å². The molecule has 0 aliphatic heterocycles. The Hall–Kier alpha value is -0.780. The fourth-order valence-electron chi connectivity index (χ4n) is 1.01. The molecule has 1 aliphatic carbocycles. The van der Waals surface area contributed by atoms with Gasteiger partial charge in [0, 0.05) is 5.92 Å². The van der Waals surface area contributed by atoms with Crippen LogP contribution in [0.15, 0.2) is 36.0 Å². The van der Waals surface area contributed by atoms with Crippen LogP contribution in [0.2, 0.25) is 0 Å². The molecule has 0 fully saturated rings. The van der Waals surface area contributed by atoms with E-state index in [0.29, 0.717) is 5.92 Å². The second-order valence-electron chi connectivity index (χ2n) is 2.35. The molecule has 0 aromatic rings. The normalized spacial score (nSPS) is 25.6. The lowest BCUT2D eigenvalue weighted by atomic mass is 10.0. The molecule has 0 saturated heterocycles. The number of allylic oxidation sites excluding steroid dienone is 6. The highest BCUT2D eigenvalue weighted by Gasteiger charge is 2.04. The maximum absolute atomic E-state index is 2.20. The van der Waals surface area contributed by atoms with Crippen molar-refractivity contribution in [3.63, 3.8) is 0 Å². The number of rotatable bonds is 1. The topological polar surface area (TPSA) is 0 Å². The summed E-state index contributed by atoms with van der Waals surface area (Å²) < 4.78 is 0. The van der Waals surface area contributed by atoms with E-state index >= 15 is 0 Å². The highest BCUT2D eigenvalue weighted by Crippen LogP contribution is 2.19. The molecule has 1 unspecified atom stereocenters. The Labute approximate surface area is 56.6 Å². The van der Waals surface area contributed by atoms with E-state index in [-0.39, 0.29) is 0 Å². The molecule has 0 aromatic heterocycles. The first-order valence-electron chi connectivity index (χ1n) is 3.32. The molecule has 0 spiro atoms. The quantitative estimate of drug-likeness (QED) is 0.467. The van der Waals surface area contributed by atoms with Crippen molar-refractivity contribution in [1.29, 1.82) is 0 Å². The van der Waals surface area contributed by atoms with Gasteiger partial charge >= 0.3 is 0 Å². The Bertz CT molecular complexity index is 170. The summed E-state index contributed by atoms with van der Waals surface area (Å²) in [7, 11) is 0. The van der Waals surface area contributed by atoms with Crippen molar-refractivity contribution in [3.05, 3.63) is 36.0 Å². The van der Waals surface area contributed by atoms with Gasteiger partial charge < -0.3 is 0 Å². The number of hydrogen-bond donors (Lipinski definition) is 0. The van der Waals surface area contributed by atoms with E-state index in [0.717, 1.165) is 0 Å². The first kappa shape index (κ1) is 6.34. The van der Waals surface area contributed by atoms with Crippen molar-refractivity contribution in [2.75, 3.05) is 0 Å². The van der Waals surface area contributed by atoms with Crippen molar-refractivity contribution < 1.29 is 0 Å². The highest BCUT2D eigenvalue weighted by molar-refractivity contribution is 5.29. The van der Waals surface area contributed by atoms with Gasteiger partial charge in [0.15, 0.2) is 0 Å². The minimum atomic E-state index is 0.579. The summed E-state index contributed by atoms with van der Waals surface area (Å²) in [6.07, 6.45) is 10.8. The van der Waals surface area contributed by atoms with E-state index in [9.17, 15) is 0 Å². The van der Waals surface area contributed by atoms with E-state index in [1.54, 1.807) is 0 Å². The molecule has 9 heavy (non-hydrogen) atoms. The van der Waals surface area contributed by atoms with E-state index in [4.69, 9.17) is 0 Å². The minimum absolute atomic E-state index is 0.579. The van der Waals surface area contributed by atoms with Crippen LogP contribution in [0.4, 0.5) is 0 Å². The van der Waals surface area contributed by atoms with E-state index < -0.39 is 0 Å². The summed E-state index contributed by atoms with van der Waals surface area (Å²) in [6, 6.07) is 0. The van der Waals surface area contributed by atoms with Crippen LogP contribution < -0.4 is 0 Å². The van der Waals surface area contributed by atoms with Gasteiger partial charge in [-0.05, 0) is 13.8 Å². The molecule has 0 heteroatoms. The Kier molecular flexibility index (Phi) is 1.88. The lowest BCUT2D eigenvalue weighted by molar-refractivity contribution is 0.989. The third-order valence-electron chi connectivity index (χ3n) is 1.60. The second-order valence-corrected chi connectivity index (χ2v) is 2.35. The van der Waals surface area contributed by atoms with Gasteiger partial charge in [0.1, 0.15) is 0 Å². The van der Waals surface area contributed by atoms with Gasteiger partial charge in [-0.2, -0.15) is 0 Å². The fourth-order valence-corrected chi connectivity index (χ4v) is 1.01. The predicted octanol–water partition coefficient (Wildman–Crippen LogP) is 2.69. The lowest BCUT2D eigenvalue weighted by Gasteiger charge is -2.00. The molecular weight excluding hydrogens is 108 g/mol. The van der Waals surface area contributed by atoms with Gasteiger partial charge in [0.05, 0.1) is 0 Å². The Balaban J connectivity index is 2.63. The molecule has 1 rings (SSSR count). The van der Waals surface area contributed by atoms with Crippen LogP contribution >= 0.6 is 0 Å². The van der Waals surface area contributed by atoms with E-state index in [1.807, 2.05) is 0 Å². The van der Waals surface area contributed by atoms with Gasteiger partial charge in [0.25, 0.3) is 0 Å². The molecule has 0 amide bonds. The average Bonchev–Trinajstić information content (AvgIpc) is 2.18. The smallest absolute Gasteiger partial charge is 0.0160 e. The van der Waals surface area contributed by atoms with Gasteiger partial charge in [0.2, 0.25) is 0 Å². The standard InChI is InChI=1S/C9H12/c1-3-5-9-7-4-6-8(9)2/h3-7,9H,1-2H3. The molecule has 0 bridgehead atoms. The summed E-state index contributed by atoms with van der Waals surface area (Å²) in [5.74, 6) is 0.579. The molecule has 1 aliphatic rings. The molecule has 0 aromatic carbocycles. The molecule has 1 atom stereocenters. The molecule has 0 radical (unpaired) electrons. The first-order valence-corrected chi connectivity index (χ1v) is 3.32. The Morgan fingerprint density at radius 1 is 1.56 bits per heavy atom. The zero-order chi connectivity index (χ0) is 6.69. The van der Waals surface area contributed by atoms with Crippen LogP contribution in [0.25, 0.3) is 0 Å². The molecule has 0 N–H and O–H groups in total. The second kappa shape index (κ2) is 2.67. The molecule has 48 valence electrons. The van der Waals surface area contributed by atoms with Crippen molar-refractivity contribution >= 4 is 0 Å². The van der Waals surface area contributed by atoms with Crippen molar-refractivity contribution in [1.82, 2.24) is 0 Å².